The van der Waals surface area contributed by atoms with Crippen LogP contribution in [0.1, 0.15) is 70.1 Å². The van der Waals surface area contributed by atoms with E-state index in [0.717, 1.165) is 30.8 Å². The Bertz CT molecular complexity index is 423. The molecule has 1 aliphatic heterocycles. The van der Waals surface area contributed by atoms with Gasteiger partial charge in [-0.3, -0.25) is 0 Å². The van der Waals surface area contributed by atoms with Gasteiger partial charge in [-0.25, -0.2) is 0 Å². The van der Waals surface area contributed by atoms with E-state index in [4.69, 9.17) is 4.74 Å². The van der Waals surface area contributed by atoms with E-state index in [9.17, 15) is 5.11 Å². The molecule has 1 atom stereocenters. The number of aliphatic hydroxyl groups is 1. The first-order chi connectivity index (χ1) is 9.04. The van der Waals surface area contributed by atoms with Crippen LogP contribution in [0.5, 0.6) is 5.75 Å². The maximum atomic E-state index is 10.3. The van der Waals surface area contributed by atoms with Crippen molar-refractivity contribution < 1.29 is 9.84 Å². The van der Waals surface area contributed by atoms with E-state index in [-0.39, 0.29) is 11.5 Å². The number of hydrogen-bond donors (Lipinski definition) is 1. The highest BCUT2D eigenvalue weighted by Crippen LogP contribution is 2.39. The van der Waals surface area contributed by atoms with E-state index in [1.807, 2.05) is 12.1 Å². The summed E-state index contributed by atoms with van der Waals surface area (Å²) in [4.78, 5) is 0. The Morgan fingerprint density at radius 2 is 2.05 bits per heavy atom. The van der Waals surface area contributed by atoms with Gasteiger partial charge in [0, 0.05) is 11.0 Å². The molecule has 19 heavy (non-hydrogen) atoms. The Labute approximate surface area is 116 Å². The maximum absolute atomic E-state index is 10.3. The van der Waals surface area contributed by atoms with Crippen molar-refractivity contribution in [2.45, 2.75) is 64.4 Å². The minimum absolute atomic E-state index is 0.0628. The maximum Gasteiger partial charge on any atom is 0.123 e. The molecule has 0 amide bonds. The van der Waals surface area contributed by atoms with Gasteiger partial charge in [0.2, 0.25) is 0 Å². The van der Waals surface area contributed by atoms with Crippen molar-refractivity contribution in [1.82, 2.24) is 0 Å². The molecule has 1 aromatic rings. The Hall–Kier alpha value is -1.02. The lowest BCUT2D eigenvalue weighted by molar-refractivity contribution is 0.163. The first-order valence-corrected chi connectivity index (χ1v) is 7.50. The van der Waals surface area contributed by atoms with Gasteiger partial charge < -0.3 is 9.84 Å². The van der Waals surface area contributed by atoms with Crippen LogP contribution < -0.4 is 4.74 Å². The quantitative estimate of drug-likeness (QED) is 0.772. The molecular weight excluding hydrogens is 236 g/mol. The fourth-order valence-electron chi connectivity index (χ4n) is 2.68. The fourth-order valence-corrected chi connectivity index (χ4v) is 2.68. The molecule has 2 nitrogen and oxygen atoms in total. The van der Waals surface area contributed by atoms with Crippen LogP contribution in [0.3, 0.4) is 0 Å². The van der Waals surface area contributed by atoms with Gasteiger partial charge in [0.15, 0.2) is 0 Å². The van der Waals surface area contributed by atoms with Crippen LogP contribution in [0.2, 0.25) is 0 Å². The first kappa shape index (κ1) is 14.4. The highest BCUT2D eigenvalue weighted by molar-refractivity contribution is 5.45. The van der Waals surface area contributed by atoms with Crippen molar-refractivity contribution in [3.05, 3.63) is 29.3 Å². The van der Waals surface area contributed by atoms with Crippen molar-refractivity contribution in [2.24, 2.45) is 0 Å². The lowest BCUT2D eigenvalue weighted by Gasteiger charge is -2.17. The number of benzene rings is 1. The lowest BCUT2D eigenvalue weighted by atomic mass is 9.85. The monoisotopic (exact) mass is 262 g/mol. The van der Waals surface area contributed by atoms with Crippen LogP contribution in [-0.4, -0.2) is 11.7 Å². The van der Waals surface area contributed by atoms with E-state index >= 15 is 0 Å². The molecule has 0 saturated carbocycles. The Morgan fingerprint density at radius 3 is 2.79 bits per heavy atom. The SMILES string of the molecule is CCCCCCC(O)c1ccc2c(c1)C(C)(C)CO2. The molecule has 1 aromatic carbocycles. The summed E-state index contributed by atoms with van der Waals surface area (Å²) in [6.07, 6.45) is 5.34. The second-order valence-electron chi connectivity index (χ2n) is 6.29. The summed E-state index contributed by atoms with van der Waals surface area (Å²) in [5.41, 5.74) is 2.33. The molecule has 0 saturated heterocycles. The number of hydrogen-bond acceptors (Lipinski definition) is 2. The zero-order valence-electron chi connectivity index (χ0n) is 12.4. The van der Waals surface area contributed by atoms with Crippen LogP contribution in [0.25, 0.3) is 0 Å². The minimum atomic E-state index is -0.335. The van der Waals surface area contributed by atoms with Crippen LogP contribution in [0.4, 0.5) is 0 Å². The number of rotatable bonds is 6. The molecule has 0 radical (unpaired) electrons. The molecule has 0 spiro atoms. The van der Waals surface area contributed by atoms with E-state index in [0.29, 0.717) is 0 Å². The van der Waals surface area contributed by atoms with Gasteiger partial charge in [0.25, 0.3) is 0 Å². The zero-order chi connectivity index (χ0) is 13.9. The van der Waals surface area contributed by atoms with Crippen molar-refractivity contribution in [2.75, 3.05) is 6.61 Å². The summed E-state index contributed by atoms with van der Waals surface area (Å²) >= 11 is 0. The normalized spacial score (nSPS) is 17.9. The van der Waals surface area contributed by atoms with Gasteiger partial charge in [0.1, 0.15) is 5.75 Å². The first-order valence-electron chi connectivity index (χ1n) is 7.50. The zero-order valence-corrected chi connectivity index (χ0v) is 12.4. The molecular formula is C17H26O2. The van der Waals surface area contributed by atoms with Crippen LogP contribution in [-0.2, 0) is 5.41 Å². The molecule has 1 heterocycles. The van der Waals surface area contributed by atoms with Crippen molar-refractivity contribution in [3.63, 3.8) is 0 Å². The summed E-state index contributed by atoms with van der Waals surface area (Å²) in [5.74, 6) is 0.979. The number of unbranched alkanes of at least 4 members (excludes halogenated alkanes) is 3. The highest BCUT2D eigenvalue weighted by atomic mass is 16.5. The molecule has 1 unspecified atom stereocenters. The second-order valence-corrected chi connectivity index (χ2v) is 6.29. The van der Waals surface area contributed by atoms with Gasteiger partial charge in [-0.05, 0) is 24.1 Å². The van der Waals surface area contributed by atoms with Gasteiger partial charge in [-0.1, -0.05) is 52.5 Å². The summed E-state index contributed by atoms with van der Waals surface area (Å²) in [6, 6.07) is 6.15. The Kier molecular flexibility index (Phi) is 4.51. The number of aliphatic hydroxyl groups excluding tert-OH is 1. The summed E-state index contributed by atoms with van der Waals surface area (Å²) < 4.78 is 5.68. The van der Waals surface area contributed by atoms with Gasteiger partial charge in [-0.2, -0.15) is 0 Å². The fraction of sp³-hybridized carbons (Fsp3) is 0.647. The molecule has 2 heteroatoms. The van der Waals surface area contributed by atoms with E-state index in [2.05, 4.69) is 26.8 Å². The minimum Gasteiger partial charge on any atom is -0.492 e. The van der Waals surface area contributed by atoms with E-state index < -0.39 is 0 Å². The summed E-state index contributed by atoms with van der Waals surface area (Å²) in [5, 5.41) is 10.3. The second kappa shape index (κ2) is 5.96. The molecule has 2 rings (SSSR count). The summed E-state index contributed by atoms with van der Waals surface area (Å²) in [6.45, 7) is 7.32. The molecule has 1 N–H and O–H groups in total. The summed E-state index contributed by atoms with van der Waals surface area (Å²) in [7, 11) is 0. The Balaban J connectivity index is 2.01. The molecule has 0 aliphatic carbocycles. The molecule has 0 bridgehead atoms. The van der Waals surface area contributed by atoms with E-state index in [1.165, 1.54) is 24.8 Å². The van der Waals surface area contributed by atoms with Gasteiger partial charge in [-0.15, -0.1) is 0 Å². The number of fused-ring (bicyclic) bond motifs is 1. The largest absolute Gasteiger partial charge is 0.492 e. The number of ether oxygens (including phenoxy) is 1. The van der Waals surface area contributed by atoms with Crippen molar-refractivity contribution >= 4 is 0 Å². The highest BCUT2D eigenvalue weighted by Gasteiger charge is 2.32. The molecule has 0 aromatic heterocycles. The third-order valence-corrected chi connectivity index (χ3v) is 4.04. The van der Waals surface area contributed by atoms with Crippen LogP contribution in [0.15, 0.2) is 18.2 Å². The van der Waals surface area contributed by atoms with Crippen LogP contribution >= 0.6 is 0 Å². The topological polar surface area (TPSA) is 29.5 Å². The van der Waals surface area contributed by atoms with Crippen LogP contribution in [0, 0.1) is 0 Å². The third-order valence-electron chi connectivity index (χ3n) is 4.04. The average Bonchev–Trinajstić information content (AvgIpc) is 2.70. The Morgan fingerprint density at radius 1 is 1.26 bits per heavy atom. The lowest BCUT2D eigenvalue weighted by Crippen LogP contribution is -2.18. The van der Waals surface area contributed by atoms with Crippen molar-refractivity contribution in [3.8, 4) is 5.75 Å². The molecule has 1 aliphatic rings. The van der Waals surface area contributed by atoms with E-state index in [1.54, 1.807) is 0 Å². The smallest absolute Gasteiger partial charge is 0.123 e. The standard InChI is InChI=1S/C17H26O2/c1-4-5-6-7-8-15(18)13-9-10-16-14(11-13)17(2,3)12-19-16/h9-11,15,18H,4-8,12H2,1-3H3. The average molecular weight is 262 g/mol. The van der Waals surface area contributed by atoms with Gasteiger partial charge in [0.05, 0.1) is 12.7 Å². The third kappa shape index (κ3) is 3.30. The predicted molar refractivity (Wildman–Crippen MR) is 78.7 cm³/mol. The predicted octanol–water partition coefficient (Wildman–Crippen LogP) is 4.36. The molecule has 106 valence electrons. The molecule has 0 fully saturated rings. The van der Waals surface area contributed by atoms with Crippen molar-refractivity contribution in [1.29, 1.82) is 0 Å². The van der Waals surface area contributed by atoms with Gasteiger partial charge >= 0.3 is 0 Å².